The van der Waals surface area contributed by atoms with Crippen LogP contribution in [0.1, 0.15) is 5.82 Å². The highest BCUT2D eigenvalue weighted by Gasteiger charge is 2.06. The summed E-state index contributed by atoms with van der Waals surface area (Å²) in [6, 6.07) is 3.69. The first-order valence-corrected chi connectivity index (χ1v) is 4.40. The van der Waals surface area contributed by atoms with E-state index >= 15 is 0 Å². The van der Waals surface area contributed by atoms with E-state index in [4.69, 9.17) is 10.5 Å². The number of nitrogen functional groups attached to an aromatic ring is 1. The summed E-state index contributed by atoms with van der Waals surface area (Å²) < 4.78 is 6.87. The molecule has 74 valence electrons. The predicted molar refractivity (Wildman–Crippen MR) is 53.0 cm³/mol. The van der Waals surface area contributed by atoms with Crippen LogP contribution in [0.25, 0.3) is 5.65 Å². The molecule has 0 saturated carbocycles. The van der Waals surface area contributed by atoms with E-state index < -0.39 is 0 Å². The summed E-state index contributed by atoms with van der Waals surface area (Å²) in [5.41, 5.74) is 7.09. The fourth-order valence-corrected chi connectivity index (χ4v) is 1.35. The van der Waals surface area contributed by atoms with E-state index in [1.807, 2.05) is 22.7 Å². The zero-order chi connectivity index (χ0) is 9.97. The molecule has 0 radical (unpaired) electrons. The van der Waals surface area contributed by atoms with Gasteiger partial charge < -0.3 is 10.5 Å². The van der Waals surface area contributed by atoms with Gasteiger partial charge in [0.2, 0.25) is 0 Å². The number of nitrogens with two attached hydrogens (primary N) is 1. The number of methoxy groups -OCH3 is 1. The smallest absolute Gasteiger partial charge is 0.183 e. The summed E-state index contributed by atoms with van der Waals surface area (Å²) in [6.45, 7) is 0.635. The fraction of sp³-hybridized carbons (Fsp3) is 0.333. The minimum Gasteiger partial charge on any atom is -0.396 e. The molecule has 0 amide bonds. The van der Waals surface area contributed by atoms with Gasteiger partial charge in [0, 0.05) is 19.7 Å². The van der Waals surface area contributed by atoms with Gasteiger partial charge in [0.25, 0.3) is 0 Å². The first-order chi connectivity index (χ1) is 6.83. The molecule has 0 fully saturated rings. The standard InChI is InChI=1S/C9H12N4O/c1-14-6-4-8-11-12-9-7(10)3-2-5-13(8)9/h2-3,5H,4,6,10H2,1H3. The van der Waals surface area contributed by atoms with Gasteiger partial charge in [-0.2, -0.15) is 0 Å². The minimum atomic E-state index is 0.635. The molecule has 0 spiro atoms. The van der Waals surface area contributed by atoms with E-state index in [-0.39, 0.29) is 0 Å². The van der Waals surface area contributed by atoms with Gasteiger partial charge in [0.05, 0.1) is 12.3 Å². The second-order valence-electron chi connectivity index (χ2n) is 3.02. The second-order valence-corrected chi connectivity index (χ2v) is 3.02. The van der Waals surface area contributed by atoms with Gasteiger partial charge in [-0.05, 0) is 12.1 Å². The van der Waals surface area contributed by atoms with Gasteiger partial charge >= 0.3 is 0 Å². The molecule has 0 aromatic carbocycles. The Hall–Kier alpha value is -1.62. The summed E-state index contributed by atoms with van der Waals surface area (Å²) in [5, 5.41) is 8.05. The normalized spacial score (nSPS) is 10.9. The van der Waals surface area contributed by atoms with Crippen molar-refractivity contribution < 1.29 is 4.74 Å². The number of nitrogens with zero attached hydrogens (tertiary/aromatic N) is 3. The summed E-state index contributed by atoms with van der Waals surface area (Å²) in [5.74, 6) is 0.870. The molecular weight excluding hydrogens is 180 g/mol. The molecule has 0 aliphatic carbocycles. The molecule has 0 aliphatic rings. The van der Waals surface area contributed by atoms with Crippen molar-refractivity contribution >= 4 is 11.3 Å². The van der Waals surface area contributed by atoms with Crippen LogP contribution in [0.2, 0.25) is 0 Å². The number of anilines is 1. The molecule has 2 aromatic heterocycles. The number of rotatable bonds is 3. The average molecular weight is 192 g/mol. The van der Waals surface area contributed by atoms with E-state index in [0.29, 0.717) is 17.9 Å². The molecule has 14 heavy (non-hydrogen) atoms. The average Bonchev–Trinajstić information content (AvgIpc) is 2.60. The third kappa shape index (κ3) is 1.42. The maximum atomic E-state index is 5.74. The van der Waals surface area contributed by atoms with Gasteiger partial charge in [-0.1, -0.05) is 0 Å². The highest BCUT2D eigenvalue weighted by Crippen LogP contribution is 2.11. The Balaban J connectivity index is 2.42. The number of hydrogen-bond acceptors (Lipinski definition) is 4. The van der Waals surface area contributed by atoms with Gasteiger partial charge in [0.1, 0.15) is 5.82 Å². The molecule has 0 atom stereocenters. The molecule has 2 heterocycles. The molecule has 5 nitrogen and oxygen atoms in total. The lowest BCUT2D eigenvalue weighted by molar-refractivity contribution is 0.200. The predicted octanol–water partition coefficient (Wildman–Crippen LogP) is 0.500. The van der Waals surface area contributed by atoms with Crippen molar-refractivity contribution in [3.8, 4) is 0 Å². The number of ether oxygens (including phenoxy) is 1. The van der Waals surface area contributed by atoms with Crippen molar-refractivity contribution in [2.75, 3.05) is 19.5 Å². The van der Waals surface area contributed by atoms with E-state index in [2.05, 4.69) is 10.2 Å². The largest absolute Gasteiger partial charge is 0.396 e. The van der Waals surface area contributed by atoms with E-state index in [0.717, 1.165) is 12.2 Å². The second kappa shape index (κ2) is 3.63. The molecule has 2 N–H and O–H groups in total. The van der Waals surface area contributed by atoms with Crippen LogP contribution in [0.4, 0.5) is 5.69 Å². The molecule has 2 rings (SSSR count). The van der Waals surface area contributed by atoms with Gasteiger partial charge in [-0.3, -0.25) is 4.40 Å². The van der Waals surface area contributed by atoms with Crippen molar-refractivity contribution in [3.05, 3.63) is 24.2 Å². The van der Waals surface area contributed by atoms with Crippen molar-refractivity contribution in [1.82, 2.24) is 14.6 Å². The molecule has 0 unspecified atom stereocenters. The van der Waals surface area contributed by atoms with Crippen LogP contribution >= 0.6 is 0 Å². The number of aromatic nitrogens is 3. The highest BCUT2D eigenvalue weighted by atomic mass is 16.5. The number of fused-ring (bicyclic) bond motifs is 1. The maximum absolute atomic E-state index is 5.74. The Morgan fingerprint density at radius 1 is 1.50 bits per heavy atom. The van der Waals surface area contributed by atoms with E-state index in [1.165, 1.54) is 0 Å². The molecule has 0 bridgehead atoms. The van der Waals surface area contributed by atoms with Crippen LogP contribution in [0.5, 0.6) is 0 Å². The fourth-order valence-electron chi connectivity index (χ4n) is 1.35. The van der Waals surface area contributed by atoms with E-state index in [9.17, 15) is 0 Å². The summed E-state index contributed by atoms with van der Waals surface area (Å²) in [4.78, 5) is 0. The van der Waals surface area contributed by atoms with Crippen molar-refractivity contribution in [2.45, 2.75) is 6.42 Å². The van der Waals surface area contributed by atoms with Crippen molar-refractivity contribution in [1.29, 1.82) is 0 Å². The van der Waals surface area contributed by atoms with Gasteiger partial charge in [0.15, 0.2) is 5.65 Å². The molecule has 5 heteroatoms. The lowest BCUT2D eigenvalue weighted by atomic mass is 10.4. The Morgan fingerprint density at radius 3 is 3.14 bits per heavy atom. The Kier molecular flexibility index (Phi) is 2.32. The van der Waals surface area contributed by atoms with Gasteiger partial charge in [-0.25, -0.2) is 0 Å². The van der Waals surface area contributed by atoms with Crippen LogP contribution < -0.4 is 5.73 Å². The Labute approximate surface area is 81.5 Å². The number of hydrogen-bond donors (Lipinski definition) is 1. The summed E-state index contributed by atoms with van der Waals surface area (Å²) >= 11 is 0. The SMILES string of the molecule is COCCc1nnc2c(N)cccn12. The van der Waals surface area contributed by atoms with Crippen LogP contribution in [0, 0.1) is 0 Å². The quantitative estimate of drug-likeness (QED) is 0.769. The minimum absolute atomic E-state index is 0.635. The molecule has 0 saturated heterocycles. The molecule has 0 aliphatic heterocycles. The third-order valence-electron chi connectivity index (χ3n) is 2.07. The van der Waals surface area contributed by atoms with Gasteiger partial charge in [-0.15, -0.1) is 10.2 Å². The monoisotopic (exact) mass is 192 g/mol. The first kappa shape index (κ1) is 8.96. The van der Waals surface area contributed by atoms with Crippen LogP contribution in [0.3, 0.4) is 0 Å². The van der Waals surface area contributed by atoms with Crippen LogP contribution in [-0.4, -0.2) is 28.3 Å². The third-order valence-corrected chi connectivity index (χ3v) is 2.07. The molecular formula is C9H12N4O. The summed E-state index contributed by atoms with van der Waals surface area (Å²) in [6.07, 6.45) is 2.64. The molecule has 2 aromatic rings. The van der Waals surface area contributed by atoms with Crippen LogP contribution in [0.15, 0.2) is 18.3 Å². The highest BCUT2D eigenvalue weighted by molar-refractivity contribution is 5.63. The number of pyridine rings is 1. The topological polar surface area (TPSA) is 65.4 Å². The summed E-state index contributed by atoms with van der Waals surface area (Å²) in [7, 11) is 1.66. The van der Waals surface area contributed by atoms with Crippen molar-refractivity contribution in [3.63, 3.8) is 0 Å². The van der Waals surface area contributed by atoms with Crippen LogP contribution in [-0.2, 0) is 11.2 Å². The first-order valence-electron chi connectivity index (χ1n) is 4.40. The lowest BCUT2D eigenvalue weighted by Crippen LogP contribution is -2.00. The van der Waals surface area contributed by atoms with E-state index in [1.54, 1.807) is 7.11 Å². The van der Waals surface area contributed by atoms with Crippen molar-refractivity contribution in [2.24, 2.45) is 0 Å². The zero-order valence-corrected chi connectivity index (χ0v) is 7.97. The zero-order valence-electron chi connectivity index (χ0n) is 7.97. The lowest BCUT2D eigenvalue weighted by Gasteiger charge is -1.99. The maximum Gasteiger partial charge on any atom is 0.183 e. The Morgan fingerprint density at radius 2 is 2.36 bits per heavy atom. The Bertz CT molecular complexity index is 437.